The molecule has 4 rings (SSSR count). The molecule has 1 amide bonds. The van der Waals surface area contributed by atoms with E-state index in [0.717, 1.165) is 44.9 Å². The van der Waals surface area contributed by atoms with Gasteiger partial charge in [-0.2, -0.15) is 0 Å². The number of benzene rings is 1. The molecule has 3 aliphatic rings. The van der Waals surface area contributed by atoms with Crippen LogP contribution in [-0.4, -0.2) is 37.0 Å². The quantitative estimate of drug-likeness (QED) is 0.844. The average molecular weight is 397 g/mol. The summed E-state index contributed by atoms with van der Waals surface area (Å²) >= 11 is 6.18. The summed E-state index contributed by atoms with van der Waals surface area (Å²) in [5.41, 5.74) is 0.361. The van der Waals surface area contributed by atoms with Crippen LogP contribution in [0.4, 0.5) is 5.69 Å². The first-order chi connectivity index (χ1) is 12.4. The molecule has 1 N–H and O–H groups in total. The number of amides is 1. The molecule has 142 valence electrons. The summed E-state index contributed by atoms with van der Waals surface area (Å²) in [6.07, 6.45) is 6.63. The Morgan fingerprint density at radius 3 is 2.50 bits per heavy atom. The third kappa shape index (κ3) is 3.27. The fourth-order valence-corrected chi connectivity index (χ4v) is 6.73. The number of hydrogen-bond donors (Lipinski definition) is 1. The minimum absolute atomic E-state index is 0.103. The van der Waals surface area contributed by atoms with Crippen molar-refractivity contribution in [2.75, 3.05) is 18.4 Å². The Bertz CT molecular complexity index is 801. The normalized spacial score (nSPS) is 26.1. The zero-order valence-electron chi connectivity index (χ0n) is 14.8. The fraction of sp³-hybridized carbons (Fsp3) is 0.632. The van der Waals surface area contributed by atoms with Gasteiger partial charge in [-0.05, 0) is 43.2 Å². The number of sulfonamides is 1. The van der Waals surface area contributed by atoms with Crippen LogP contribution in [0.25, 0.3) is 0 Å². The van der Waals surface area contributed by atoms with Crippen molar-refractivity contribution < 1.29 is 13.2 Å². The van der Waals surface area contributed by atoms with E-state index < -0.39 is 10.0 Å². The van der Waals surface area contributed by atoms with E-state index >= 15 is 0 Å². The number of halogens is 1. The number of nitrogens with one attached hydrogen (secondary N) is 1. The third-order valence-electron chi connectivity index (χ3n) is 6.22. The van der Waals surface area contributed by atoms with Crippen LogP contribution >= 0.6 is 11.6 Å². The SMILES string of the molecule is O=C(Nc1ccccc1Cl)[C@@H]1CN(S(=O)(=O)C2CC2)CC12CCCCC2. The maximum atomic E-state index is 13.1. The van der Waals surface area contributed by atoms with Crippen molar-refractivity contribution in [2.45, 2.75) is 50.2 Å². The lowest BCUT2D eigenvalue weighted by Gasteiger charge is -2.37. The maximum absolute atomic E-state index is 13.1. The minimum Gasteiger partial charge on any atom is -0.324 e. The summed E-state index contributed by atoms with van der Waals surface area (Å²) in [6.45, 7) is 0.793. The van der Waals surface area contributed by atoms with Crippen LogP contribution in [0.2, 0.25) is 5.02 Å². The summed E-state index contributed by atoms with van der Waals surface area (Å²) < 4.78 is 27.2. The number of hydrogen-bond acceptors (Lipinski definition) is 3. The van der Waals surface area contributed by atoms with Gasteiger partial charge < -0.3 is 5.32 Å². The van der Waals surface area contributed by atoms with Crippen molar-refractivity contribution in [1.82, 2.24) is 4.31 Å². The second kappa shape index (κ2) is 6.80. The van der Waals surface area contributed by atoms with Crippen LogP contribution in [0.1, 0.15) is 44.9 Å². The van der Waals surface area contributed by atoms with Crippen LogP contribution in [0, 0.1) is 11.3 Å². The van der Waals surface area contributed by atoms with E-state index in [2.05, 4.69) is 5.32 Å². The van der Waals surface area contributed by atoms with E-state index in [1.54, 1.807) is 16.4 Å². The van der Waals surface area contributed by atoms with Crippen molar-refractivity contribution in [3.05, 3.63) is 29.3 Å². The number of rotatable bonds is 4. The summed E-state index contributed by atoms with van der Waals surface area (Å²) in [5, 5.41) is 3.22. The van der Waals surface area contributed by atoms with Crippen LogP contribution in [0.5, 0.6) is 0 Å². The molecule has 5 nitrogen and oxygen atoms in total. The molecular formula is C19H25ClN2O3S. The Morgan fingerprint density at radius 2 is 1.85 bits per heavy atom. The molecule has 0 aromatic heterocycles. The van der Waals surface area contributed by atoms with Crippen molar-refractivity contribution in [3.8, 4) is 0 Å². The van der Waals surface area contributed by atoms with Crippen LogP contribution in [0.15, 0.2) is 24.3 Å². The highest BCUT2D eigenvalue weighted by Gasteiger charge is 2.55. The van der Waals surface area contributed by atoms with Crippen LogP contribution in [0.3, 0.4) is 0 Å². The smallest absolute Gasteiger partial charge is 0.229 e. The molecule has 1 heterocycles. The molecule has 1 atom stereocenters. The van der Waals surface area contributed by atoms with Crippen molar-refractivity contribution in [2.24, 2.45) is 11.3 Å². The lowest BCUT2D eigenvalue weighted by atomic mass is 9.67. The maximum Gasteiger partial charge on any atom is 0.229 e. The highest BCUT2D eigenvalue weighted by molar-refractivity contribution is 7.90. The topological polar surface area (TPSA) is 66.5 Å². The molecule has 1 spiro atoms. The minimum atomic E-state index is -3.26. The van der Waals surface area contributed by atoms with E-state index in [4.69, 9.17) is 11.6 Å². The third-order valence-corrected chi connectivity index (χ3v) is 8.86. The van der Waals surface area contributed by atoms with Gasteiger partial charge in [0.15, 0.2) is 0 Å². The highest BCUT2D eigenvalue weighted by Crippen LogP contribution is 2.50. The monoisotopic (exact) mass is 396 g/mol. The fourth-order valence-electron chi connectivity index (χ4n) is 4.60. The number of nitrogens with zero attached hydrogens (tertiary/aromatic N) is 1. The first-order valence-corrected chi connectivity index (χ1v) is 11.3. The molecule has 1 aromatic carbocycles. The zero-order valence-corrected chi connectivity index (χ0v) is 16.4. The molecule has 26 heavy (non-hydrogen) atoms. The zero-order chi connectivity index (χ0) is 18.4. The van der Waals surface area contributed by atoms with Gasteiger partial charge in [0.2, 0.25) is 15.9 Å². The van der Waals surface area contributed by atoms with E-state index in [1.165, 1.54) is 0 Å². The van der Waals surface area contributed by atoms with E-state index in [1.807, 2.05) is 12.1 Å². The average Bonchev–Trinajstić information content (AvgIpc) is 3.42. The molecule has 7 heteroatoms. The summed E-state index contributed by atoms with van der Waals surface area (Å²) in [7, 11) is -3.26. The van der Waals surface area contributed by atoms with Gasteiger partial charge in [0.05, 0.1) is 21.9 Å². The second-order valence-corrected chi connectivity index (χ2v) is 10.6. The molecule has 1 aliphatic heterocycles. The Labute approximate surface area is 160 Å². The van der Waals surface area contributed by atoms with Gasteiger partial charge in [0.25, 0.3) is 0 Å². The Morgan fingerprint density at radius 1 is 1.15 bits per heavy atom. The van der Waals surface area contributed by atoms with Gasteiger partial charge in [-0.3, -0.25) is 4.79 Å². The van der Waals surface area contributed by atoms with Crippen molar-refractivity contribution in [1.29, 1.82) is 0 Å². The lowest BCUT2D eigenvalue weighted by Crippen LogP contribution is -2.39. The predicted molar refractivity (Wildman–Crippen MR) is 103 cm³/mol. The number of anilines is 1. The first kappa shape index (κ1) is 18.3. The van der Waals surface area contributed by atoms with Crippen molar-refractivity contribution >= 4 is 33.2 Å². The number of para-hydroxylation sites is 1. The molecule has 1 aromatic rings. The predicted octanol–water partition coefficient (Wildman–Crippen LogP) is 3.65. The molecule has 3 fully saturated rings. The van der Waals surface area contributed by atoms with Gasteiger partial charge in [0, 0.05) is 13.1 Å². The van der Waals surface area contributed by atoms with E-state index in [9.17, 15) is 13.2 Å². The summed E-state index contributed by atoms with van der Waals surface area (Å²) in [4.78, 5) is 13.1. The summed E-state index contributed by atoms with van der Waals surface area (Å²) in [5.74, 6) is -0.416. The van der Waals surface area contributed by atoms with Gasteiger partial charge in [-0.25, -0.2) is 12.7 Å². The second-order valence-electron chi connectivity index (χ2n) is 7.98. The van der Waals surface area contributed by atoms with Gasteiger partial charge in [-0.1, -0.05) is 43.0 Å². The summed E-state index contributed by atoms with van der Waals surface area (Å²) in [6, 6.07) is 7.17. The first-order valence-electron chi connectivity index (χ1n) is 9.47. The van der Waals surface area contributed by atoms with Crippen molar-refractivity contribution in [3.63, 3.8) is 0 Å². The highest BCUT2D eigenvalue weighted by atomic mass is 35.5. The van der Waals surface area contributed by atoms with Crippen LogP contribution in [-0.2, 0) is 14.8 Å². The van der Waals surface area contributed by atoms with Gasteiger partial charge in [-0.15, -0.1) is 0 Å². The largest absolute Gasteiger partial charge is 0.324 e. The standard InChI is InChI=1S/C19H25ClN2O3S/c20-16-6-2-3-7-17(16)21-18(23)15-12-22(26(24,25)14-8-9-14)13-19(15)10-4-1-5-11-19/h2-3,6-7,14-15H,1,4-5,8-13H2,(H,21,23)/t15-/m0/s1. The van der Waals surface area contributed by atoms with Crippen LogP contribution < -0.4 is 5.32 Å². The molecule has 1 saturated heterocycles. The van der Waals surface area contributed by atoms with E-state index in [-0.39, 0.29) is 22.5 Å². The number of carbonyl (C=O) groups is 1. The molecular weight excluding hydrogens is 372 g/mol. The Kier molecular flexibility index (Phi) is 4.78. The number of carbonyl (C=O) groups excluding carboxylic acids is 1. The van der Waals surface area contributed by atoms with Gasteiger partial charge in [0.1, 0.15) is 0 Å². The Hall–Kier alpha value is -1.11. The Balaban J connectivity index is 1.59. The molecule has 2 aliphatic carbocycles. The molecule has 0 radical (unpaired) electrons. The lowest BCUT2D eigenvalue weighted by molar-refractivity contribution is -0.123. The van der Waals surface area contributed by atoms with E-state index in [0.29, 0.717) is 23.8 Å². The molecule has 0 bridgehead atoms. The molecule has 2 saturated carbocycles. The van der Waals surface area contributed by atoms with Gasteiger partial charge >= 0.3 is 0 Å². The molecule has 0 unspecified atom stereocenters.